The van der Waals surface area contributed by atoms with Crippen molar-refractivity contribution in [1.82, 2.24) is 0 Å². The SMILES string of the molecule is CC(OC(=O)CCC(=O)c1ccc(Cl)cc1)C(=O)N1CCc2ccccc21. The second-order valence-electron chi connectivity index (χ2n) is 6.43. The third-order valence-corrected chi connectivity index (χ3v) is 4.78. The van der Waals surface area contributed by atoms with Gasteiger partial charge < -0.3 is 9.64 Å². The monoisotopic (exact) mass is 385 g/mol. The van der Waals surface area contributed by atoms with Crippen molar-refractivity contribution in [3.05, 3.63) is 64.7 Å². The number of rotatable bonds is 6. The number of carbonyl (C=O) groups is 3. The topological polar surface area (TPSA) is 63.7 Å². The van der Waals surface area contributed by atoms with Crippen molar-refractivity contribution in [3.63, 3.8) is 0 Å². The van der Waals surface area contributed by atoms with Gasteiger partial charge in [0.1, 0.15) is 0 Å². The van der Waals surface area contributed by atoms with Crippen molar-refractivity contribution in [2.75, 3.05) is 11.4 Å². The van der Waals surface area contributed by atoms with Crippen molar-refractivity contribution >= 4 is 34.9 Å². The van der Waals surface area contributed by atoms with Crippen molar-refractivity contribution in [3.8, 4) is 0 Å². The smallest absolute Gasteiger partial charge is 0.307 e. The third kappa shape index (κ3) is 4.55. The normalized spacial score (nSPS) is 13.8. The van der Waals surface area contributed by atoms with Gasteiger partial charge in [0.25, 0.3) is 5.91 Å². The summed E-state index contributed by atoms with van der Waals surface area (Å²) < 4.78 is 5.24. The van der Waals surface area contributed by atoms with Gasteiger partial charge in [0, 0.05) is 29.2 Å². The van der Waals surface area contributed by atoms with Crippen LogP contribution in [0.4, 0.5) is 5.69 Å². The molecule has 0 fully saturated rings. The first-order chi connectivity index (χ1) is 13.0. The lowest BCUT2D eigenvalue weighted by Gasteiger charge is -2.21. The first-order valence-electron chi connectivity index (χ1n) is 8.83. The van der Waals surface area contributed by atoms with Gasteiger partial charge in [-0.2, -0.15) is 0 Å². The molecule has 1 amide bonds. The molecule has 1 heterocycles. The number of para-hydroxylation sites is 1. The van der Waals surface area contributed by atoms with Crippen LogP contribution in [0.2, 0.25) is 5.02 Å². The Morgan fingerprint density at radius 2 is 1.78 bits per heavy atom. The summed E-state index contributed by atoms with van der Waals surface area (Å²) in [6.07, 6.45) is -0.156. The fourth-order valence-electron chi connectivity index (χ4n) is 3.09. The zero-order valence-corrected chi connectivity index (χ0v) is 15.7. The number of ketones is 1. The highest BCUT2D eigenvalue weighted by molar-refractivity contribution is 6.30. The van der Waals surface area contributed by atoms with Crippen LogP contribution in [0.5, 0.6) is 0 Å². The van der Waals surface area contributed by atoms with Crippen LogP contribution in [0.15, 0.2) is 48.5 Å². The standard InChI is InChI=1S/C21H20ClNO4/c1-14(21(26)23-13-12-15-4-2-3-5-18(15)23)27-20(25)11-10-19(24)16-6-8-17(22)9-7-16/h2-9,14H,10-13H2,1H3. The van der Waals surface area contributed by atoms with E-state index in [0.29, 0.717) is 17.1 Å². The zero-order valence-electron chi connectivity index (χ0n) is 15.0. The highest BCUT2D eigenvalue weighted by atomic mass is 35.5. The number of Topliss-reactive ketones (excluding diaryl/α,β-unsaturated/α-hetero) is 1. The molecule has 0 N–H and O–H groups in total. The molecule has 0 radical (unpaired) electrons. The van der Waals surface area contributed by atoms with E-state index in [1.165, 1.54) is 0 Å². The molecule has 1 unspecified atom stereocenters. The first kappa shape index (κ1) is 19.1. The van der Waals surface area contributed by atoms with Crippen molar-refractivity contribution in [1.29, 1.82) is 0 Å². The molecule has 2 aromatic rings. The Morgan fingerprint density at radius 3 is 2.52 bits per heavy atom. The van der Waals surface area contributed by atoms with Crippen LogP contribution in [0.25, 0.3) is 0 Å². The lowest BCUT2D eigenvalue weighted by molar-refractivity contribution is -0.153. The van der Waals surface area contributed by atoms with Crippen LogP contribution in [0.3, 0.4) is 0 Å². The van der Waals surface area contributed by atoms with E-state index in [1.54, 1.807) is 36.1 Å². The van der Waals surface area contributed by atoms with Crippen LogP contribution < -0.4 is 4.90 Å². The van der Waals surface area contributed by atoms with Gasteiger partial charge in [0.05, 0.1) is 6.42 Å². The number of anilines is 1. The Balaban J connectivity index is 1.51. The second-order valence-corrected chi connectivity index (χ2v) is 6.87. The van der Waals surface area contributed by atoms with Gasteiger partial charge in [-0.05, 0) is 49.2 Å². The Morgan fingerprint density at radius 1 is 1.07 bits per heavy atom. The number of hydrogen-bond donors (Lipinski definition) is 0. The fraction of sp³-hybridized carbons (Fsp3) is 0.286. The van der Waals surface area contributed by atoms with E-state index < -0.39 is 12.1 Å². The maximum atomic E-state index is 12.6. The molecule has 1 aliphatic rings. The molecule has 0 aliphatic carbocycles. The molecule has 6 heteroatoms. The number of nitrogens with zero attached hydrogens (tertiary/aromatic N) is 1. The molecular weight excluding hydrogens is 366 g/mol. The number of ether oxygens (including phenoxy) is 1. The average molecular weight is 386 g/mol. The van der Waals surface area contributed by atoms with Gasteiger partial charge in [-0.25, -0.2) is 0 Å². The van der Waals surface area contributed by atoms with E-state index in [1.807, 2.05) is 24.3 Å². The van der Waals surface area contributed by atoms with Gasteiger partial charge in [-0.15, -0.1) is 0 Å². The van der Waals surface area contributed by atoms with Crippen LogP contribution >= 0.6 is 11.6 Å². The zero-order chi connectivity index (χ0) is 19.4. The van der Waals surface area contributed by atoms with Crippen molar-refractivity contribution in [2.45, 2.75) is 32.3 Å². The van der Waals surface area contributed by atoms with Crippen molar-refractivity contribution in [2.24, 2.45) is 0 Å². The van der Waals surface area contributed by atoms with Crippen LogP contribution in [-0.2, 0) is 20.7 Å². The second kappa shape index (κ2) is 8.35. The number of esters is 1. The Kier molecular flexibility index (Phi) is 5.91. The number of hydrogen-bond acceptors (Lipinski definition) is 4. The average Bonchev–Trinajstić information content (AvgIpc) is 3.10. The third-order valence-electron chi connectivity index (χ3n) is 4.53. The maximum absolute atomic E-state index is 12.6. The van der Waals surface area contributed by atoms with E-state index in [0.717, 1.165) is 17.7 Å². The van der Waals surface area contributed by atoms with Gasteiger partial charge in [0.15, 0.2) is 11.9 Å². The summed E-state index contributed by atoms with van der Waals surface area (Å²) in [6, 6.07) is 14.2. The minimum absolute atomic E-state index is 0.0217. The minimum atomic E-state index is -0.894. The molecule has 1 atom stereocenters. The largest absolute Gasteiger partial charge is 0.453 e. The van der Waals surface area contributed by atoms with Crippen LogP contribution in [-0.4, -0.2) is 30.3 Å². The van der Waals surface area contributed by atoms with Gasteiger partial charge in [0.2, 0.25) is 0 Å². The minimum Gasteiger partial charge on any atom is -0.453 e. The summed E-state index contributed by atoms with van der Waals surface area (Å²) in [5, 5.41) is 0.543. The fourth-order valence-corrected chi connectivity index (χ4v) is 3.21. The molecule has 1 aliphatic heterocycles. The summed E-state index contributed by atoms with van der Waals surface area (Å²) >= 11 is 5.79. The predicted molar refractivity (Wildman–Crippen MR) is 103 cm³/mol. The number of fused-ring (bicyclic) bond motifs is 1. The highest BCUT2D eigenvalue weighted by Crippen LogP contribution is 2.28. The molecule has 0 aromatic heterocycles. The van der Waals surface area contributed by atoms with Gasteiger partial charge in [-0.3, -0.25) is 14.4 Å². The molecule has 0 saturated heterocycles. The Labute approximate surface area is 162 Å². The first-order valence-corrected chi connectivity index (χ1v) is 9.21. The molecule has 3 rings (SSSR count). The highest BCUT2D eigenvalue weighted by Gasteiger charge is 2.29. The summed E-state index contributed by atoms with van der Waals surface area (Å²) in [7, 11) is 0. The predicted octanol–water partition coefficient (Wildman–Crippen LogP) is 3.82. The van der Waals surface area contributed by atoms with Gasteiger partial charge >= 0.3 is 5.97 Å². The Bertz CT molecular complexity index is 863. The van der Waals surface area contributed by atoms with E-state index >= 15 is 0 Å². The molecule has 0 spiro atoms. The van der Waals surface area contributed by atoms with E-state index in [-0.39, 0.29) is 24.5 Å². The molecule has 140 valence electrons. The lowest BCUT2D eigenvalue weighted by Crippen LogP contribution is -2.39. The molecule has 5 nitrogen and oxygen atoms in total. The summed E-state index contributed by atoms with van der Waals surface area (Å²) in [5.74, 6) is -0.987. The molecule has 0 bridgehead atoms. The number of amides is 1. The molecular formula is C21H20ClNO4. The molecule has 27 heavy (non-hydrogen) atoms. The molecule has 2 aromatic carbocycles. The maximum Gasteiger partial charge on any atom is 0.307 e. The summed E-state index contributed by atoms with van der Waals surface area (Å²) in [5.41, 5.74) is 2.46. The van der Waals surface area contributed by atoms with E-state index in [2.05, 4.69) is 0 Å². The quantitative estimate of drug-likeness (QED) is 0.560. The van der Waals surface area contributed by atoms with Gasteiger partial charge in [-0.1, -0.05) is 29.8 Å². The van der Waals surface area contributed by atoms with E-state index in [9.17, 15) is 14.4 Å². The number of carbonyl (C=O) groups excluding carboxylic acids is 3. The summed E-state index contributed by atoms with van der Waals surface area (Å²) in [4.78, 5) is 38.4. The van der Waals surface area contributed by atoms with Crippen LogP contribution in [0.1, 0.15) is 35.7 Å². The van der Waals surface area contributed by atoms with Crippen molar-refractivity contribution < 1.29 is 19.1 Å². The Hall–Kier alpha value is -2.66. The molecule has 0 saturated carbocycles. The summed E-state index contributed by atoms with van der Waals surface area (Å²) in [6.45, 7) is 2.14. The lowest BCUT2D eigenvalue weighted by atomic mass is 10.1. The number of benzene rings is 2. The van der Waals surface area contributed by atoms with E-state index in [4.69, 9.17) is 16.3 Å². The number of halogens is 1. The van der Waals surface area contributed by atoms with Crippen LogP contribution in [0, 0.1) is 0 Å².